The zero-order valence-corrected chi connectivity index (χ0v) is 21.3. The summed E-state index contributed by atoms with van der Waals surface area (Å²) in [5, 5.41) is 1.99. The Hall–Kier alpha value is -3.30. The number of carbonyl (C=O) groups excluding carboxylic acids is 2. The first-order chi connectivity index (χ1) is 17.4. The molecule has 0 spiro atoms. The van der Waals surface area contributed by atoms with E-state index < -0.39 is 11.9 Å². The number of aromatic nitrogens is 3. The van der Waals surface area contributed by atoms with Crippen LogP contribution in [-0.4, -0.2) is 39.0 Å². The summed E-state index contributed by atoms with van der Waals surface area (Å²) in [6.07, 6.45) is 3.72. The number of ether oxygens (including phenoxy) is 1. The van der Waals surface area contributed by atoms with Gasteiger partial charge in [-0.2, -0.15) is 0 Å². The molecular weight excluding hydrogens is 500 g/mol. The second kappa shape index (κ2) is 8.97. The molecule has 2 N–H and O–H groups in total. The normalized spacial score (nSPS) is 19.2. The third kappa shape index (κ3) is 3.87. The molecule has 2 atom stereocenters. The molecule has 0 saturated heterocycles. The summed E-state index contributed by atoms with van der Waals surface area (Å²) < 4.78 is 11.5. The third-order valence-corrected chi connectivity index (χ3v) is 7.91. The topological polar surface area (TPSA) is 113 Å². The maximum atomic E-state index is 13.1. The van der Waals surface area contributed by atoms with Crippen LogP contribution in [-0.2, 0) is 9.53 Å². The van der Waals surface area contributed by atoms with Crippen molar-refractivity contribution in [2.24, 2.45) is 10.9 Å². The second-order valence-electron chi connectivity index (χ2n) is 8.99. The number of aromatic amines is 2. The smallest absolute Gasteiger partial charge is 0.357 e. The minimum absolute atomic E-state index is 0.143. The molecule has 36 heavy (non-hydrogen) atoms. The number of imidazole rings is 1. The summed E-state index contributed by atoms with van der Waals surface area (Å²) in [6.45, 7) is 3.98. The van der Waals surface area contributed by atoms with Gasteiger partial charge in [0.25, 0.3) is 0 Å². The van der Waals surface area contributed by atoms with Crippen LogP contribution in [0.4, 0.5) is 5.69 Å². The number of hydrogen-bond donors (Lipinski definition) is 2. The Kier molecular flexibility index (Phi) is 5.76. The lowest BCUT2D eigenvalue weighted by molar-refractivity contribution is -0.122. The van der Waals surface area contributed by atoms with Gasteiger partial charge in [-0.3, -0.25) is 9.79 Å². The number of hydrogen-bond acceptors (Lipinski definition) is 7. The molecule has 6 rings (SSSR count). The summed E-state index contributed by atoms with van der Waals surface area (Å²) in [6, 6.07) is 7.58. The van der Waals surface area contributed by atoms with Crippen LogP contribution in [0.3, 0.4) is 0 Å². The van der Waals surface area contributed by atoms with Gasteiger partial charge in [0, 0.05) is 28.9 Å². The highest BCUT2D eigenvalue weighted by atomic mass is 35.5. The SMILES string of the molecule is CCOC(=O)c1[nH]cc2c1N=C1CCCC(=O)C1C2c1ccc(Sc2nc3cc(Cl)c(C)cc3[nH]2)o1. The molecule has 1 aliphatic carbocycles. The average Bonchev–Trinajstić information content (AvgIpc) is 3.57. The minimum Gasteiger partial charge on any atom is -0.461 e. The van der Waals surface area contributed by atoms with Crippen molar-refractivity contribution in [3.8, 4) is 0 Å². The molecule has 0 radical (unpaired) electrons. The molecule has 1 fully saturated rings. The number of fused-ring (bicyclic) bond motifs is 3. The fourth-order valence-corrected chi connectivity index (χ4v) is 5.98. The summed E-state index contributed by atoms with van der Waals surface area (Å²) in [5.74, 6) is -0.442. The molecular formula is C26H23ClN4O4S. The van der Waals surface area contributed by atoms with E-state index in [1.165, 1.54) is 11.8 Å². The lowest BCUT2D eigenvalue weighted by Crippen LogP contribution is -2.36. The Morgan fingerprint density at radius 2 is 2.14 bits per heavy atom. The summed E-state index contributed by atoms with van der Waals surface area (Å²) in [4.78, 5) is 41.3. The maximum absolute atomic E-state index is 13.1. The molecule has 4 heterocycles. The number of aliphatic imine (C=N–C) groups is 1. The van der Waals surface area contributed by atoms with Crippen molar-refractivity contribution < 1.29 is 18.7 Å². The number of nitrogens with one attached hydrogen (secondary N) is 2. The van der Waals surface area contributed by atoms with E-state index in [1.54, 1.807) is 13.1 Å². The van der Waals surface area contributed by atoms with Crippen molar-refractivity contribution >= 4 is 57.5 Å². The van der Waals surface area contributed by atoms with Gasteiger partial charge in [-0.1, -0.05) is 11.6 Å². The lowest BCUT2D eigenvalue weighted by atomic mass is 9.72. The Morgan fingerprint density at radius 1 is 1.28 bits per heavy atom. The number of halogens is 1. The van der Waals surface area contributed by atoms with Gasteiger partial charge in [0.05, 0.1) is 35.2 Å². The van der Waals surface area contributed by atoms with E-state index in [-0.39, 0.29) is 18.3 Å². The van der Waals surface area contributed by atoms with E-state index >= 15 is 0 Å². The highest BCUT2D eigenvalue weighted by Crippen LogP contribution is 2.48. The monoisotopic (exact) mass is 522 g/mol. The van der Waals surface area contributed by atoms with Crippen LogP contribution in [0, 0.1) is 12.8 Å². The summed E-state index contributed by atoms with van der Waals surface area (Å²) in [7, 11) is 0. The largest absolute Gasteiger partial charge is 0.461 e. The number of ketones is 1. The number of esters is 1. The van der Waals surface area contributed by atoms with Crippen molar-refractivity contribution in [3.05, 3.63) is 58.1 Å². The van der Waals surface area contributed by atoms with Gasteiger partial charge in [0.15, 0.2) is 15.9 Å². The van der Waals surface area contributed by atoms with Crippen LogP contribution in [0.15, 0.2) is 50.1 Å². The van der Waals surface area contributed by atoms with E-state index in [1.807, 2.05) is 31.2 Å². The minimum atomic E-state index is -0.460. The Balaban J connectivity index is 1.36. The van der Waals surface area contributed by atoms with E-state index in [4.69, 9.17) is 25.7 Å². The predicted molar refractivity (Wildman–Crippen MR) is 137 cm³/mol. The number of nitrogens with zero attached hydrogens (tertiary/aromatic N) is 2. The van der Waals surface area contributed by atoms with Crippen molar-refractivity contribution in [1.82, 2.24) is 15.0 Å². The molecule has 1 aliphatic heterocycles. The second-order valence-corrected chi connectivity index (χ2v) is 10.4. The van der Waals surface area contributed by atoms with E-state index in [0.29, 0.717) is 45.3 Å². The van der Waals surface area contributed by atoms with E-state index in [2.05, 4.69) is 15.0 Å². The maximum Gasteiger partial charge on any atom is 0.357 e. The van der Waals surface area contributed by atoms with Gasteiger partial charge < -0.3 is 19.1 Å². The number of rotatable bonds is 5. The molecule has 1 saturated carbocycles. The molecule has 3 aromatic heterocycles. The van der Waals surface area contributed by atoms with Crippen LogP contribution >= 0.6 is 23.4 Å². The standard InChI is InChI=1S/C26H23ClN4O4S/c1-3-34-25(33)24-23-13(11-28-24)21(22-15(29-23)5-4-6-18(22)32)19-7-8-20(35-19)36-26-30-16-9-12(2)14(27)10-17(16)31-26/h7-11,21-22,28H,3-6H2,1-2H3,(H,30,31). The Bertz CT molecular complexity index is 1510. The van der Waals surface area contributed by atoms with Crippen LogP contribution in [0.1, 0.15) is 59.5 Å². The number of aryl methyl sites for hydroxylation is 1. The van der Waals surface area contributed by atoms with Gasteiger partial charge in [0.1, 0.15) is 11.5 Å². The van der Waals surface area contributed by atoms with Gasteiger partial charge in [-0.25, -0.2) is 9.78 Å². The highest BCUT2D eigenvalue weighted by Gasteiger charge is 2.44. The first-order valence-corrected chi connectivity index (χ1v) is 13.0. The fraction of sp³-hybridized carbons (Fsp3) is 0.308. The first kappa shape index (κ1) is 23.1. The number of H-pyrrole nitrogens is 2. The summed E-state index contributed by atoms with van der Waals surface area (Å²) >= 11 is 7.61. The van der Waals surface area contributed by atoms with Crippen LogP contribution in [0.2, 0.25) is 5.02 Å². The zero-order valence-electron chi connectivity index (χ0n) is 19.7. The van der Waals surface area contributed by atoms with E-state index in [0.717, 1.165) is 34.3 Å². The molecule has 184 valence electrons. The number of furan rings is 1. The molecule has 1 aromatic carbocycles. The zero-order chi connectivity index (χ0) is 25.0. The first-order valence-electron chi connectivity index (χ1n) is 11.8. The van der Waals surface area contributed by atoms with Gasteiger partial charge in [-0.05, 0) is 68.3 Å². The fourth-order valence-electron chi connectivity index (χ4n) is 5.05. The van der Waals surface area contributed by atoms with Crippen LogP contribution in [0.25, 0.3) is 11.0 Å². The van der Waals surface area contributed by atoms with Crippen molar-refractivity contribution in [2.45, 2.75) is 49.3 Å². The van der Waals surface area contributed by atoms with Crippen LogP contribution < -0.4 is 0 Å². The van der Waals surface area contributed by atoms with Gasteiger partial charge in [-0.15, -0.1) is 0 Å². The quantitative estimate of drug-likeness (QED) is 0.295. The third-order valence-electron chi connectivity index (χ3n) is 6.69. The average molecular weight is 523 g/mol. The van der Waals surface area contributed by atoms with Crippen molar-refractivity contribution in [2.75, 3.05) is 6.61 Å². The van der Waals surface area contributed by atoms with Gasteiger partial charge >= 0.3 is 5.97 Å². The number of benzene rings is 1. The molecule has 0 amide bonds. The molecule has 2 unspecified atom stereocenters. The van der Waals surface area contributed by atoms with Crippen molar-refractivity contribution in [3.63, 3.8) is 0 Å². The number of carbonyl (C=O) groups is 2. The van der Waals surface area contributed by atoms with E-state index in [9.17, 15) is 9.59 Å². The van der Waals surface area contributed by atoms with Crippen molar-refractivity contribution in [1.29, 1.82) is 0 Å². The lowest BCUT2D eigenvalue weighted by Gasteiger charge is -2.32. The molecule has 8 nitrogen and oxygen atoms in total. The van der Waals surface area contributed by atoms with Crippen LogP contribution in [0.5, 0.6) is 0 Å². The molecule has 10 heteroatoms. The molecule has 0 bridgehead atoms. The number of Topliss-reactive ketones (excluding diaryl/α,β-unsaturated/α-hetero) is 1. The predicted octanol–water partition coefficient (Wildman–Crippen LogP) is 6.36. The Labute approximate surface area is 215 Å². The van der Waals surface area contributed by atoms with Gasteiger partial charge in [0.2, 0.25) is 0 Å². The summed E-state index contributed by atoms with van der Waals surface area (Å²) in [5.41, 5.74) is 5.06. The Morgan fingerprint density at radius 3 is 2.97 bits per heavy atom. The molecule has 4 aromatic rings. The highest BCUT2D eigenvalue weighted by molar-refractivity contribution is 7.99. The molecule has 2 aliphatic rings.